The van der Waals surface area contributed by atoms with Crippen LogP contribution in [-0.2, 0) is 4.79 Å². The van der Waals surface area contributed by atoms with Gasteiger partial charge >= 0.3 is 6.03 Å². The molecule has 4 rings (SSSR count). The molecule has 1 unspecified atom stereocenters. The summed E-state index contributed by atoms with van der Waals surface area (Å²) in [6, 6.07) is 14.7. The molecule has 1 fully saturated rings. The molecule has 1 saturated heterocycles. The number of carbonyl (C=O) groups excluding carboxylic acids is 2. The Balaban J connectivity index is 1.51. The molecule has 3 aromatic rings. The lowest BCUT2D eigenvalue weighted by atomic mass is 10.2. The van der Waals surface area contributed by atoms with Crippen molar-refractivity contribution in [2.75, 3.05) is 18.4 Å². The number of nitrogens with one attached hydrogen (secondary N) is 2. The molecule has 0 saturated carbocycles. The number of para-hydroxylation sites is 1. The van der Waals surface area contributed by atoms with Gasteiger partial charge in [-0.3, -0.25) is 4.79 Å². The van der Waals surface area contributed by atoms with Gasteiger partial charge in [-0.25, -0.2) is 9.48 Å². The van der Waals surface area contributed by atoms with E-state index >= 15 is 0 Å². The summed E-state index contributed by atoms with van der Waals surface area (Å²) in [7, 11) is 0. The van der Waals surface area contributed by atoms with Crippen molar-refractivity contribution < 1.29 is 9.59 Å². The first-order chi connectivity index (χ1) is 12.6. The lowest BCUT2D eigenvalue weighted by molar-refractivity contribution is -0.126. The SMILES string of the molecule is CC1C(=O)NCCN1C(=O)Nc1ccc(-n2ncc3ccccc32)cc1. The highest BCUT2D eigenvalue weighted by atomic mass is 16.2. The predicted octanol–water partition coefficient (Wildman–Crippen LogP) is 2.38. The molecule has 1 aromatic heterocycles. The van der Waals surface area contributed by atoms with E-state index in [0.29, 0.717) is 18.8 Å². The average Bonchev–Trinajstić information content (AvgIpc) is 3.09. The van der Waals surface area contributed by atoms with Gasteiger partial charge in [-0.2, -0.15) is 5.10 Å². The fraction of sp³-hybridized carbons (Fsp3) is 0.211. The molecule has 0 aliphatic carbocycles. The summed E-state index contributed by atoms with van der Waals surface area (Å²) in [5.74, 6) is -0.132. The minimum absolute atomic E-state index is 0.132. The molecule has 0 spiro atoms. The Morgan fingerprint density at radius 3 is 2.77 bits per heavy atom. The van der Waals surface area contributed by atoms with Crippen molar-refractivity contribution in [1.82, 2.24) is 20.0 Å². The molecule has 3 amide bonds. The molecule has 1 aliphatic rings. The molecule has 26 heavy (non-hydrogen) atoms. The van der Waals surface area contributed by atoms with Crippen molar-refractivity contribution in [1.29, 1.82) is 0 Å². The Bertz CT molecular complexity index is 963. The first-order valence-corrected chi connectivity index (χ1v) is 8.52. The molecule has 2 N–H and O–H groups in total. The van der Waals surface area contributed by atoms with Crippen LogP contribution in [-0.4, -0.2) is 45.8 Å². The van der Waals surface area contributed by atoms with Crippen LogP contribution in [0.5, 0.6) is 0 Å². The number of piperazine rings is 1. The van der Waals surface area contributed by atoms with Gasteiger partial charge in [-0.15, -0.1) is 0 Å². The summed E-state index contributed by atoms with van der Waals surface area (Å²) >= 11 is 0. The van der Waals surface area contributed by atoms with Gasteiger partial charge in [0.2, 0.25) is 5.91 Å². The van der Waals surface area contributed by atoms with Gasteiger partial charge < -0.3 is 15.5 Å². The molecule has 1 atom stereocenters. The van der Waals surface area contributed by atoms with E-state index in [0.717, 1.165) is 16.6 Å². The quantitative estimate of drug-likeness (QED) is 0.745. The Morgan fingerprint density at radius 2 is 1.96 bits per heavy atom. The third-order valence-electron chi connectivity index (χ3n) is 4.60. The number of benzene rings is 2. The number of hydrogen-bond acceptors (Lipinski definition) is 3. The molecule has 132 valence electrons. The minimum atomic E-state index is -0.474. The molecule has 0 bridgehead atoms. The summed E-state index contributed by atoms with van der Waals surface area (Å²) in [5, 5.41) is 11.1. The van der Waals surface area contributed by atoms with Gasteiger partial charge in [0.15, 0.2) is 0 Å². The van der Waals surface area contributed by atoms with E-state index in [1.54, 1.807) is 6.92 Å². The first-order valence-electron chi connectivity index (χ1n) is 8.52. The third kappa shape index (κ3) is 2.88. The Morgan fingerprint density at radius 1 is 1.19 bits per heavy atom. The van der Waals surface area contributed by atoms with Crippen molar-refractivity contribution in [3.05, 3.63) is 54.7 Å². The van der Waals surface area contributed by atoms with Gasteiger partial charge in [0.05, 0.1) is 17.4 Å². The second-order valence-corrected chi connectivity index (χ2v) is 6.25. The number of nitrogens with zero attached hydrogens (tertiary/aromatic N) is 3. The maximum atomic E-state index is 12.4. The van der Waals surface area contributed by atoms with Gasteiger partial charge in [0.1, 0.15) is 6.04 Å². The lowest BCUT2D eigenvalue weighted by Gasteiger charge is -2.32. The number of fused-ring (bicyclic) bond motifs is 1. The van der Waals surface area contributed by atoms with E-state index < -0.39 is 6.04 Å². The van der Waals surface area contributed by atoms with Crippen LogP contribution in [0.4, 0.5) is 10.5 Å². The second kappa shape index (κ2) is 6.51. The highest BCUT2D eigenvalue weighted by Crippen LogP contribution is 2.20. The maximum Gasteiger partial charge on any atom is 0.322 e. The topological polar surface area (TPSA) is 79.3 Å². The summed E-state index contributed by atoms with van der Waals surface area (Å²) in [5.41, 5.74) is 2.61. The van der Waals surface area contributed by atoms with E-state index in [1.165, 1.54) is 4.90 Å². The average molecular weight is 349 g/mol. The van der Waals surface area contributed by atoms with Crippen LogP contribution >= 0.6 is 0 Å². The van der Waals surface area contributed by atoms with Crippen LogP contribution < -0.4 is 10.6 Å². The van der Waals surface area contributed by atoms with Gasteiger partial charge in [-0.1, -0.05) is 18.2 Å². The molecule has 0 radical (unpaired) electrons. The zero-order valence-corrected chi connectivity index (χ0v) is 14.3. The third-order valence-corrected chi connectivity index (χ3v) is 4.60. The van der Waals surface area contributed by atoms with Crippen LogP contribution in [0.1, 0.15) is 6.92 Å². The standard InChI is InChI=1S/C19H19N5O2/c1-13-18(25)20-10-11-23(13)19(26)22-15-6-8-16(9-7-15)24-17-5-3-2-4-14(17)12-21-24/h2-9,12-13H,10-11H2,1H3,(H,20,25)(H,22,26). The number of rotatable bonds is 2. The first kappa shape index (κ1) is 16.1. The second-order valence-electron chi connectivity index (χ2n) is 6.25. The molecule has 7 nitrogen and oxygen atoms in total. The molecule has 2 heterocycles. The fourth-order valence-electron chi connectivity index (χ4n) is 3.12. The van der Waals surface area contributed by atoms with Crippen molar-refractivity contribution in [3.8, 4) is 5.69 Å². The lowest BCUT2D eigenvalue weighted by Crippen LogP contribution is -2.56. The highest BCUT2D eigenvalue weighted by molar-refractivity contribution is 5.94. The van der Waals surface area contributed by atoms with E-state index in [-0.39, 0.29) is 11.9 Å². The maximum absolute atomic E-state index is 12.4. The van der Waals surface area contributed by atoms with Crippen LogP contribution in [0.15, 0.2) is 54.7 Å². The van der Waals surface area contributed by atoms with E-state index in [4.69, 9.17) is 0 Å². The van der Waals surface area contributed by atoms with Crippen LogP contribution in [0, 0.1) is 0 Å². The van der Waals surface area contributed by atoms with E-state index in [2.05, 4.69) is 15.7 Å². The van der Waals surface area contributed by atoms with E-state index in [9.17, 15) is 9.59 Å². The summed E-state index contributed by atoms with van der Waals surface area (Å²) in [4.78, 5) is 25.7. The van der Waals surface area contributed by atoms with Gasteiger partial charge in [0, 0.05) is 24.2 Å². The molecule has 7 heteroatoms. The number of hydrogen-bond donors (Lipinski definition) is 2. The fourth-order valence-corrected chi connectivity index (χ4v) is 3.12. The predicted molar refractivity (Wildman–Crippen MR) is 99.3 cm³/mol. The van der Waals surface area contributed by atoms with Gasteiger partial charge in [0.25, 0.3) is 0 Å². The summed E-state index contributed by atoms with van der Waals surface area (Å²) < 4.78 is 1.86. The largest absolute Gasteiger partial charge is 0.353 e. The van der Waals surface area contributed by atoms with Crippen LogP contribution in [0.25, 0.3) is 16.6 Å². The molecular formula is C19H19N5O2. The number of amides is 3. The monoisotopic (exact) mass is 349 g/mol. The zero-order chi connectivity index (χ0) is 18.1. The van der Waals surface area contributed by atoms with Crippen molar-refractivity contribution in [2.45, 2.75) is 13.0 Å². The Hall–Kier alpha value is -3.35. The Labute approximate surface area is 150 Å². The minimum Gasteiger partial charge on any atom is -0.353 e. The van der Waals surface area contributed by atoms with Crippen LogP contribution in [0.2, 0.25) is 0 Å². The number of aromatic nitrogens is 2. The highest BCUT2D eigenvalue weighted by Gasteiger charge is 2.29. The number of carbonyl (C=O) groups is 2. The van der Waals surface area contributed by atoms with E-state index in [1.807, 2.05) is 59.4 Å². The van der Waals surface area contributed by atoms with Gasteiger partial charge in [-0.05, 0) is 37.3 Å². The van der Waals surface area contributed by atoms with Crippen molar-refractivity contribution in [2.24, 2.45) is 0 Å². The molecule has 1 aliphatic heterocycles. The normalized spacial score (nSPS) is 17.2. The number of anilines is 1. The van der Waals surface area contributed by atoms with Crippen molar-refractivity contribution >= 4 is 28.5 Å². The van der Waals surface area contributed by atoms with Crippen LogP contribution in [0.3, 0.4) is 0 Å². The summed E-state index contributed by atoms with van der Waals surface area (Å²) in [6.07, 6.45) is 1.83. The molecule has 2 aromatic carbocycles. The summed E-state index contributed by atoms with van der Waals surface area (Å²) in [6.45, 7) is 2.69. The zero-order valence-electron chi connectivity index (χ0n) is 14.3. The Kier molecular flexibility index (Phi) is 4.04. The smallest absolute Gasteiger partial charge is 0.322 e. The van der Waals surface area contributed by atoms with Crippen molar-refractivity contribution in [3.63, 3.8) is 0 Å². The molecular weight excluding hydrogens is 330 g/mol. The number of urea groups is 1.